The molecule has 48 heavy (non-hydrogen) atoms. The molecule has 0 spiro atoms. The van der Waals surface area contributed by atoms with Crippen LogP contribution in [0.3, 0.4) is 0 Å². The van der Waals surface area contributed by atoms with Crippen LogP contribution in [0.5, 0.6) is 5.75 Å². The molecule has 6 rings (SSSR count). The summed E-state index contributed by atoms with van der Waals surface area (Å²) in [4.78, 5) is 16.0. The maximum Gasteiger partial charge on any atom is 0.179 e. The first-order valence-electron chi connectivity index (χ1n) is 15.6. The SMILES string of the molecule is CN(CCCC1(c2cc3c(Nc4ccc(OCc5cccc(F)c5)c(Cl)c4)ncnc3cn2)CC=CO1)CCS(=O)(=O)c1ccccc1. The van der Waals surface area contributed by atoms with Gasteiger partial charge < -0.3 is 19.7 Å². The lowest BCUT2D eigenvalue weighted by atomic mass is 9.89. The van der Waals surface area contributed by atoms with Gasteiger partial charge in [0.1, 0.15) is 30.3 Å². The third-order valence-corrected chi connectivity index (χ3v) is 10.3. The van der Waals surface area contributed by atoms with E-state index in [1.54, 1.807) is 67.1 Å². The lowest BCUT2D eigenvalue weighted by Gasteiger charge is -2.29. The Kier molecular flexibility index (Phi) is 10.2. The lowest BCUT2D eigenvalue weighted by molar-refractivity contribution is 0.0244. The van der Waals surface area contributed by atoms with E-state index in [0.29, 0.717) is 64.2 Å². The summed E-state index contributed by atoms with van der Waals surface area (Å²) < 4.78 is 51.0. The topological polar surface area (TPSA) is 107 Å². The second kappa shape index (κ2) is 14.7. The van der Waals surface area contributed by atoms with Gasteiger partial charge >= 0.3 is 0 Å². The molecule has 0 radical (unpaired) electrons. The number of nitrogens with zero attached hydrogens (tertiary/aromatic N) is 4. The Morgan fingerprint density at radius 1 is 1.02 bits per heavy atom. The van der Waals surface area contributed by atoms with Crippen LogP contribution in [-0.4, -0.2) is 54.2 Å². The minimum absolute atomic E-state index is 0.0502. The zero-order valence-corrected chi connectivity index (χ0v) is 27.9. The molecule has 1 unspecified atom stereocenters. The van der Waals surface area contributed by atoms with E-state index < -0.39 is 15.4 Å². The number of pyridine rings is 1. The van der Waals surface area contributed by atoms with Gasteiger partial charge in [0.05, 0.1) is 39.3 Å². The molecular weight excluding hydrogens is 653 g/mol. The van der Waals surface area contributed by atoms with E-state index in [1.165, 1.54) is 18.5 Å². The Morgan fingerprint density at radius 2 is 1.88 bits per heavy atom. The van der Waals surface area contributed by atoms with Gasteiger partial charge in [0.2, 0.25) is 0 Å². The van der Waals surface area contributed by atoms with Crippen molar-refractivity contribution in [3.63, 3.8) is 0 Å². The molecule has 9 nitrogen and oxygen atoms in total. The molecule has 1 aliphatic heterocycles. The number of anilines is 2. The highest BCUT2D eigenvalue weighted by molar-refractivity contribution is 7.91. The van der Waals surface area contributed by atoms with E-state index in [4.69, 9.17) is 26.1 Å². The number of hydrogen-bond acceptors (Lipinski definition) is 9. The van der Waals surface area contributed by atoms with Gasteiger partial charge in [-0.1, -0.05) is 41.9 Å². The zero-order chi connectivity index (χ0) is 33.6. The van der Waals surface area contributed by atoms with Gasteiger partial charge in [-0.25, -0.2) is 22.8 Å². The summed E-state index contributed by atoms with van der Waals surface area (Å²) in [6.45, 7) is 1.30. The molecule has 0 aliphatic carbocycles. The van der Waals surface area contributed by atoms with Crippen molar-refractivity contribution in [1.29, 1.82) is 0 Å². The van der Waals surface area contributed by atoms with Crippen LogP contribution in [0.15, 0.2) is 109 Å². The molecule has 0 bridgehead atoms. The molecule has 0 amide bonds. The second-order valence-electron chi connectivity index (χ2n) is 11.7. The fourth-order valence-electron chi connectivity index (χ4n) is 5.62. The molecule has 0 saturated carbocycles. The Bertz CT molecular complexity index is 2020. The van der Waals surface area contributed by atoms with Crippen molar-refractivity contribution < 1.29 is 22.3 Å². The average Bonchev–Trinajstić information content (AvgIpc) is 3.57. The van der Waals surface area contributed by atoms with E-state index in [0.717, 1.165) is 17.5 Å². The van der Waals surface area contributed by atoms with Crippen LogP contribution in [0.2, 0.25) is 5.02 Å². The van der Waals surface area contributed by atoms with Crippen molar-refractivity contribution in [2.75, 3.05) is 31.2 Å². The molecule has 3 aromatic carbocycles. The van der Waals surface area contributed by atoms with Crippen LogP contribution >= 0.6 is 11.6 Å². The minimum atomic E-state index is -3.35. The lowest BCUT2D eigenvalue weighted by Crippen LogP contribution is -2.30. The van der Waals surface area contributed by atoms with Crippen molar-refractivity contribution >= 4 is 43.8 Å². The number of hydrogen-bond donors (Lipinski definition) is 1. The van der Waals surface area contributed by atoms with Gasteiger partial charge in [-0.05, 0) is 86.6 Å². The fourth-order valence-corrected chi connectivity index (χ4v) is 7.21. The Hall–Kier alpha value is -4.58. The number of sulfone groups is 1. The smallest absolute Gasteiger partial charge is 0.179 e. The summed E-state index contributed by atoms with van der Waals surface area (Å²) in [6, 6.07) is 22.0. The van der Waals surface area contributed by atoms with E-state index in [2.05, 4.69) is 15.3 Å². The highest BCUT2D eigenvalue weighted by Crippen LogP contribution is 2.39. The maximum atomic E-state index is 13.5. The van der Waals surface area contributed by atoms with Crippen molar-refractivity contribution in [1.82, 2.24) is 19.9 Å². The van der Waals surface area contributed by atoms with E-state index >= 15 is 0 Å². The summed E-state index contributed by atoms with van der Waals surface area (Å²) in [5, 5.41) is 4.50. The highest BCUT2D eigenvalue weighted by Gasteiger charge is 2.37. The maximum absolute atomic E-state index is 13.5. The summed E-state index contributed by atoms with van der Waals surface area (Å²) in [6.07, 6.45) is 8.99. The first-order chi connectivity index (χ1) is 23.2. The molecule has 1 N–H and O–H groups in total. The molecule has 12 heteroatoms. The highest BCUT2D eigenvalue weighted by atomic mass is 35.5. The van der Waals surface area contributed by atoms with Gasteiger partial charge in [-0.3, -0.25) is 4.98 Å². The minimum Gasteiger partial charge on any atom is -0.489 e. The molecule has 5 aromatic rings. The normalized spacial score (nSPS) is 15.9. The third-order valence-electron chi connectivity index (χ3n) is 8.27. The van der Waals surface area contributed by atoms with Crippen LogP contribution in [0.4, 0.5) is 15.9 Å². The van der Waals surface area contributed by atoms with Crippen LogP contribution < -0.4 is 10.1 Å². The number of halogens is 2. The Labute approximate surface area is 284 Å². The van der Waals surface area contributed by atoms with Crippen molar-refractivity contribution in [3.8, 4) is 5.75 Å². The molecule has 2 aromatic heterocycles. The summed E-state index contributed by atoms with van der Waals surface area (Å²) in [5.41, 5.74) is 2.15. The van der Waals surface area contributed by atoms with Crippen molar-refractivity contribution in [2.24, 2.45) is 0 Å². The summed E-state index contributed by atoms with van der Waals surface area (Å²) >= 11 is 6.54. The number of aromatic nitrogens is 3. The first-order valence-corrected chi connectivity index (χ1v) is 17.6. The summed E-state index contributed by atoms with van der Waals surface area (Å²) in [7, 11) is -1.42. The van der Waals surface area contributed by atoms with E-state index in [-0.39, 0.29) is 18.2 Å². The zero-order valence-electron chi connectivity index (χ0n) is 26.4. The standard InChI is InChI=1S/C36H35ClFN5O4S/c1-43(17-19-48(44,45)29-10-3-2-4-11-29)16-6-14-36(15-7-18-47-36)34-22-30-32(23-39-34)40-25-41-35(30)42-28-12-13-33(31(37)21-28)46-24-26-8-5-9-27(38)20-26/h2-5,7-13,18,20-23,25H,6,14-17,19,24H2,1H3,(H,40,41,42). The number of nitrogens with one attached hydrogen (secondary N) is 1. The Balaban J connectivity index is 1.12. The van der Waals surface area contributed by atoms with E-state index in [1.807, 2.05) is 30.2 Å². The fraction of sp³-hybridized carbons (Fsp3) is 0.250. The van der Waals surface area contributed by atoms with Gasteiger partial charge in [0, 0.05) is 24.0 Å². The molecule has 0 fully saturated rings. The molecule has 1 atom stereocenters. The Morgan fingerprint density at radius 3 is 2.65 bits per heavy atom. The van der Waals surface area contributed by atoms with Crippen LogP contribution in [-0.2, 0) is 26.8 Å². The van der Waals surface area contributed by atoms with Gasteiger partial charge in [-0.2, -0.15) is 0 Å². The number of benzene rings is 3. The molecule has 3 heterocycles. The van der Waals surface area contributed by atoms with Crippen LogP contribution in [0.1, 0.15) is 30.5 Å². The quantitative estimate of drug-likeness (QED) is 0.127. The molecular formula is C36H35ClFN5O4S. The average molecular weight is 688 g/mol. The molecule has 248 valence electrons. The predicted molar refractivity (Wildman–Crippen MR) is 185 cm³/mol. The number of ether oxygens (including phenoxy) is 2. The molecule has 1 aliphatic rings. The third kappa shape index (κ3) is 7.92. The summed E-state index contributed by atoms with van der Waals surface area (Å²) in [5.74, 6) is 0.778. The van der Waals surface area contributed by atoms with Gasteiger partial charge in [0.15, 0.2) is 15.4 Å². The van der Waals surface area contributed by atoms with Gasteiger partial charge in [0.25, 0.3) is 0 Å². The largest absolute Gasteiger partial charge is 0.489 e. The second-order valence-corrected chi connectivity index (χ2v) is 14.2. The number of rotatable bonds is 14. The number of fused-ring (bicyclic) bond motifs is 1. The predicted octanol–water partition coefficient (Wildman–Crippen LogP) is 7.46. The van der Waals surface area contributed by atoms with E-state index in [9.17, 15) is 12.8 Å². The molecule has 0 saturated heterocycles. The monoisotopic (exact) mass is 687 g/mol. The van der Waals surface area contributed by atoms with Crippen LogP contribution in [0, 0.1) is 5.82 Å². The van der Waals surface area contributed by atoms with Crippen molar-refractivity contribution in [2.45, 2.75) is 36.4 Å². The van der Waals surface area contributed by atoms with Gasteiger partial charge in [-0.15, -0.1) is 0 Å². The first kappa shape index (κ1) is 33.3. The van der Waals surface area contributed by atoms with Crippen molar-refractivity contribution in [3.05, 3.63) is 126 Å². The van der Waals surface area contributed by atoms with Crippen LogP contribution in [0.25, 0.3) is 10.9 Å².